The molecule has 1 aliphatic heterocycles. The number of carbonyl (C=O) groups excluding carboxylic acids is 2. The second-order valence-electron chi connectivity index (χ2n) is 9.09. The molecule has 0 saturated carbocycles. The minimum atomic E-state index is -0.500. The third-order valence-electron chi connectivity index (χ3n) is 5.95. The van der Waals surface area contributed by atoms with E-state index in [0.29, 0.717) is 35.0 Å². The summed E-state index contributed by atoms with van der Waals surface area (Å²) in [5.74, 6) is 1.39. The zero-order valence-corrected chi connectivity index (χ0v) is 22.2. The van der Waals surface area contributed by atoms with Crippen LogP contribution in [0.4, 0.5) is 0 Å². The Kier molecular flexibility index (Phi) is 7.73. The first-order valence-electron chi connectivity index (χ1n) is 11.7. The fourth-order valence-corrected chi connectivity index (χ4v) is 4.83. The maximum absolute atomic E-state index is 13.6. The number of hydrogen-bond acceptors (Lipinski definition) is 7. The van der Waals surface area contributed by atoms with Crippen molar-refractivity contribution in [1.82, 2.24) is 10.6 Å². The van der Waals surface area contributed by atoms with Crippen LogP contribution in [0.1, 0.15) is 47.1 Å². The van der Waals surface area contributed by atoms with Crippen LogP contribution >= 0.6 is 11.3 Å². The number of thiophene rings is 1. The Morgan fingerprint density at radius 1 is 1.03 bits per heavy atom. The van der Waals surface area contributed by atoms with E-state index in [2.05, 4.69) is 10.6 Å². The van der Waals surface area contributed by atoms with Gasteiger partial charge >= 0.3 is 0 Å². The van der Waals surface area contributed by atoms with Crippen LogP contribution in [0.25, 0.3) is 6.08 Å². The first kappa shape index (κ1) is 26.1. The van der Waals surface area contributed by atoms with E-state index in [0.717, 1.165) is 10.4 Å². The summed E-state index contributed by atoms with van der Waals surface area (Å²) in [5.41, 5.74) is 0.759. The van der Waals surface area contributed by atoms with E-state index in [4.69, 9.17) is 18.9 Å². The van der Waals surface area contributed by atoms with Gasteiger partial charge in [0, 0.05) is 22.4 Å². The number of amides is 2. The van der Waals surface area contributed by atoms with Gasteiger partial charge in [0.25, 0.3) is 11.8 Å². The zero-order chi connectivity index (χ0) is 26.6. The fourth-order valence-electron chi connectivity index (χ4n) is 4.17. The first-order chi connectivity index (χ1) is 17.7. The maximum atomic E-state index is 13.6. The van der Waals surface area contributed by atoms with Crippen LogP contribution < -0.4 is 29.6 Å². The van der Waals surface area contributed by atoms with Crippen molar-refractivity contribution < 1.29 is 28.5 Å². The van der Waals surface area contributed by atoms with Gasteiger partial charge in [0.1, 0.15) is 22.8 Å². The molecule has 0 saturated heterocycles. The molecule has 0 unspecified atom stereocenters. The Hall–Kier alpha value is -3.98. The molecule has 9 heteroatoms. The SMILES string of the molecule is COc1ccc2c(c1)[C@H](NC(=O)/C(=C/c1cccs1)NC(=O)c1ccc(OC)c(OC)c1)CC(C)(C)O2. The number of benzene rings is 2. The molecule has 8 nitrogen and oxygen atoms in total. The van der Waals surface area contributed by atoms with Gasteiger partial charge in [0.15, 0.2) is 11.5 Å². The number of methoxy groups -OCH3 is 3. The van der Waals surface area contributed by atoms with Crippen LogP contribution in [0.2, 0.25) is 0 Å². The Balaban J connectivity index is 1.63. The van der Waals surface area contributed by atoms with E-state index in [1.165, 1.54) is 25.6 Å². The molecular weight excluding hydrogens is 492 g/mol. The van der Waals surface area contributed by atoms with E-state index in [9.17, 15) is 9.59 Å². The Morgan fingerprint density at radius 3 is 2.49 bits per heavy atom. The molecule has 1 aliphatic rings. The van der Waals surface area contributed by atoms with Crippen molar-refractivity contribution in [2.75, 3.05) is 21.3 Å². The zero-order valence-electron chi connectivity index (χ0n) is 21.4. The van der Waals surface area contributed by atoms with E-state index in [1.807, 2.05) is 49.6 Å². The topological polar surface area (TPSA) is 95.1 Å². The molecule has 0 aliphatic carbocycles. The minimum Gasteiger partial charge on any atom is -0.497 e. The van der Waals surface area contributed by atoms with E-state index in [1.54, 1.807) is 31.4 Å². The van der Waals surface area contributed by atoms with Gasteiger partial charge in [-0.2, -0.15) is 0 Å². The molecule has 0 radical (unpaired) electrons. The summed E-state index contributed by atoms with van der Waals surface area (Å²) in [6, 6.07) is 13.8. The van der Waals surface area contributed by atoms with Crippen LogP contribution in [0.5, 0.6) is 23.0 Å². The van der Waals surface area contributed by atoms with Gasteiger partial charge in [-0.15, -0.1) is 11.3 Å². The van der Waals surface area contributed by atoms with Gasteiger partial charge in [-0.05, 0) is 67.8 Å². The Bertz CT molecular complexity index is 1320. The summed E-state index contributed by atoms with van der Waals surface area (Å²) in [5, 5.41) is 7.78. The van der Waals surface area contributed by atoms with E-state index in [-0.39, 0.29) is 11.7 Å². The van der Waals surface area contributed by atoms with Crippen molar-refractivity contribution in [2.24, 2.45) is 0 Å². The highest BCUT2D eigenvalue weighted by molar-refractivity contribution is 7.10. The second kappa shape index (κ2) is 11.0. The van der Waals surface area contributed by atoms with Gasteiger partial charge in [0.2, 0.25) is 0 Å². The average Bonchev–Trinajstić information content (AvgIpc) is 3.40. The second-order valence-corrected chi connectivity index (χ2v) is 10.1. The smallest absolute Gasteiger partial charge is 0.268 e. The standard InChI is InChI=1S/C28H30N2O6S/c1-28(2)16-22(20-14-18(33-3)9-11-23(20)36-28)30-27(32)21(15-19-7-6-12-37-19)29-26(31)17-8-10-24(34-4)25(13-17)35-5/h6-15,22H,16H2,1-5H3,(H,29,31)(H,30,32)/b21-15-/t22-/m1/s1. The predicted octanol–water partition coefficient (Wildman–Crippen LogP) is 4.96. The number of fused-ring (bicyclic) bond motifs is 1. The molecule has 0 bridgehead atoms. The number of nitrogens with one attached hydrogen (secondary N) is 2. The molecule has 0 fully saturated rings. The van der Waals surface area contributed by atoms with Crippen LogP contribution in [-0.4, -0.2) is 38.7 Å². The molecule has 2 amide bonds. The molecule has 2 heterocycles. The first-order valence-corrected chi connectivity index (χ1v) is 12.6. The van der Waals surface area contributed by atoms with Crippen LogP contribution in [0.3, 0.4) is 0 Å². The quantitative estimate of drug-likeness (QED) is 0.406. The fraction of sp³-hybridized carbons (Fsp3) is 0.286. The normalized spacial score (nSPS) is 16.1. The summed E-state index contributed by atoms with van der Waals surface area (Å²) in [4.78, 5) is 27.6. The molecule has 2 aromatic carbocycles. The summed E-state index contributed by atoms with van der Waals surface area (Å²) in [7, 11) is 4.61. The largest absolute Gasteiger partial charge is 0.497 e. The summed E-state index contributed by atoms with van der Waals surface area (Å²) in [6.45, 7) is 3.95. The van der Waals surface area contributed by atoms with Crippen molar-refractivity contribution in [3.8, 4) is 23.0 Å². The number of hydrogen-bond donors (Lipinski definition) is 2. The van der Waals surface area contributed by atoms with Gasteiger partial charge in [-0.1, -0.05) is 6.07 Å². The average molecular weight is 523 g/mol. The van der Waals surface area contributed by atoms with Gasteiger partial charge in [-0.25, -0.2) is 0 Å². The third-order valence-corrected chi connectivity index (χ3v) is 6.77. The lowest BCUT2D eigenvalue weighted by Gasteiger charge is -2.38. The van der Waals surface area contributed by atoms with Crippen LogP contribution in [0, 0.1) is 0 Å². The molecule has 0 spiro atoms. The number of carbonyl (C=O) groups is 2. The minimum absolute atomic E-state index is 0.121. The molecule has 37 heavy (non-hydrogen) atoms. The summed E-state index contributed by atoms with van der Waals surface area (Å²) in [6.07, 6.45) is 2.20. The Labute approximate surface area is 220 Å². The molecule has 194 valence electrons. The highest BCUT2D eigenvalue weighted by atomic mass is 32.1. The highest BCUT2D eigenvalue weighted by Gasteiger charge is 2.35. The summed E-state index contributed by atoms with van der Waals surface area (Å²) >= 11 is 1.46. The molecule has 4 rings (SSSR count). The summed E-state index contributed by atoms with van der Waals surface area (Å²) < 4.78 is 22.1. The molecule has 2 N–H and O–H groups in total. The highest BCUT2D eigenvalue weighted by Crippen LogP contribution is 2.41. The lowest BCUT2D eigenvalue weighted by atomic mass is 9.89. The maximum Gasteiger partial charge on any atom is 0.268 e. The lowest BCUT2D eigenvalue weighted by Crippen LogP contribution is -2.43. The predicted molar refractivity (Wildman–Crippen MR) is 143 cm³/mol. The van der Waals surface area contributed by atoms with Crippen LogP contribution in [-0.2, 0) is 4.79 Å². The molecule has 1 aromatic heterocycles. The van der Waals surface area contributed by atoms with Crippen molar-refractivity contribution in [1.29, 1.82) is 0 Å². The molecular formula is C28H30N2O6S. The van der Waals surface area contributed by atoms with Crippen LogP contribution in [0.15, 0.2) is 59.6 Å². The van der Waals surface area contributed by atoms with Gasteiger partial charge < -0.3 is 29.6 Å². The monoisotopic (exact) mass is 522 g/mol. The van der Waals surface area contributed by atoms with Gasteiger partial charge in [-0.3, -0.25) is 9.59 Å². The molecule has 1 atom stereocenters. The van der Waals surface area contributed by atoms with E-state index < -0.39 is 17.4 Å². The van der Waals surface area contributed by atoms with Crippen molar-refractivity contribution in [2.45, 2.75) is 31.9 Å². The molecule has 3 aromatic rings. The Morgan fingerprint density at radius 2 is 1.81 bits per heavy atom. The van der Waals surface area contributed by atoms with Crippen molar-refractivity contribution in [3.05, 3.63) is 75.6 Å². The van der Waals surface area contributed by atoms with Crippen molar-refractivity contribution in [3.63, 3.8) is 0 Å². The number of rotatable bonds is 8. The van der Waals surface area contributed by atoms with Gasteiger partial charge in [0.05, 0.1) is 27.4 Å². The third kappa shape index (κ3) is 6.06. The van der Waals surface area contributed by atoms with Crippen molar-refractivity contribution >= 4 is 29.2 Å². The van der Waals surface area contributed by atoms with E-state index >= 15 is 0 Å². The number of ether oxygens (including phenoxy) is 4. The lowest BCUT2D eigenvalue weighted by molar-refractivity contribution is -0.119.